The Hall–Kier alpha value is -8.14. The second-order valence-electron chi connectivity index (χ2n) is 16.8. The molecule has 6 aromatic rings. The molecule has 2 aliphatic rings. The number of nitrogens with one attached hydrogen (secondary N) is 3. The van der Waals surface area contributed by atoms with Gasteiger partial charge in [0.05, 0.1) is 28.4 Å². The van der Waals surface area contributed by atoms with Crippen LogP contribution in [0.25, 0.3) is 11.1 Å². The van der Waals surface area contributed by atoms with Crippen molar-refractivity contribution in [1.29, 1.82) is 0 Å². The molecule has 15 nitrogen and oxygen atoms in total. The number of nitrogens with two attached hydrogens (primary N) is 1. The van der Waals surface area contributed by atoms with Gasteiger partial charge < -0.3 is 56.7 Å². The highest BCUT2D eigenvalue weighted by atomic mass is 16.5. The van der Waals surface area contributed by atoms with Crippen LogP contribution >= 0.6 is 0 Å². The van der Waals surface area contributed by atoms with Crippen molar-refractivity contribution in [2.45, 2.75) is 30.5 Å². The van der Waals surface area contributed by atoms with Gasteiger partial charge in [0, 0.05) is 35.8 Å². The van der Waals surface area contributed by atoms with Crippen LogP contribution in [0, 0.1) is 11.8 Å². The van der Waals surface area contributed by atoms with Crippen LogP contribution in [0.2, 0.25) is 0 Å². The highest BCUT2D eigenvalue weighted by molar-refractivity contribution is 5.98. The number of fused-ring (bicyclic) bond motifs is 3. The molecule has 68 heavy (non-hydrogen) atoms. The number of aliphatic hydroxyl groups excluding tert-OH is 2. The molecule has 4 atom stereocenters. The van der Waals surface area contributed by atoms with Gasteiger partial charge in [-0.05, 0) is 107 Å². The zero-order valence-electron chi connectivity index (χ0n) is 36.7. The van der Waals surface area contributed by atoms with E-state index in [-0.39, 0.29) is 61.6 Å². The molecule has 348 valence electrons. The molecule has 15 heteroatoms. The van der Waals surface area contributed by atoms with Gasteiger partial charge in [0.2, 0.25) is 5.91 Å². The number of amides is 1. The van der Waals surface area contributed by atoms with E-state index >= 15 is 0 Å². The van der Waals surface area contributed by atoms with Crippen molar-refractivity contribution < 1.29 is 54.2 Å². The van der Waals surface area contributed by atoms with E-state index in [1.54, 1.807) is 18.2 Å². The molecule has 0 spiro atoms. The van der Waals surface area contributed by atoms with Gasteiger partial charge in [0.15, 0.2) is 0 Å². The lowest BCUT2D eigenvalue weighted by Gasteiger charge is -2.34. The van der Waals surface area contributed by atoms with Gasteiger partial charge >= 0.3 is 17.9 Å². The zero-order valence-corrected chi connectivity index (χ0v) is 36.7. The molecule has 4 unspecified atom stereocenters. The van der Waals surface area contributed by atoms with Crippen LogP contribution in [-0.2, 0) is 15.0 Å². The molecule has 0 fully saturated rings. The summed E-state index contributed by atoms with van der Waals surface area (Å²) in [6, 6.07) is 40.6. The maximum absolute atomic E-state index is 13.1. The summed E-state index contributed by atoms with van der Waals surface area (Å²) in [6.45, 7) is -0.0556. The Labute approximate surface area is 391 Å². The molecular weight excluding hydrogens is 869 g/mol. The third kappa shape index (κ3) is 9.99. The van der Waals surface area contributed by atoms with Crippen LogP contribution in [0.5, 0.6) is 11.5 Å². The Morgan fingerprint density at radius 3 is 1.54 bits per heavy atom. The molecule has 2 aliphatic carbocycles. The molecule has 8 rings (SSSR count). The van der Waals surface area contributed by atoms with E-state index in [0.29, 0.717) is 22.9 Å². The highest BCUT2D eigenvalue weighted by Gasteiger charge is 2.46. The fourth-order valence-electron chi connectivity index (χ4n) is 9.01. The highest BCUT2D eigenvalue weighted by Crippen LogP contribution is 2.56. The lowest BCUT2D eigenvalue weighted by molar-refractivity contribution is -0.146. The first-order chi connectivity index (χ1) is 32.8. The number of carboxylic acid groups (broad SMARTS) is 3. The SMILES string of the molecule is Nc1cc(NCC(O)COc2ccc(C3(c4ccc(OCC(O)CNc5cc(NC(=O)C6CC=CCC6C(=O)O)cc(C(=O)O)c5)cc4)c4ccccc4-c4ccccc43)cc2)cc(C(=O)O)c1. The number of hydrogen-bond donors (Lipinski definition) is 9. The number of rotatable bonds is 19. The zero-order chi connectivity index (χ0) is 48.0. The summed E-state index contributed by atoms with van der Waals surface area (Å²) < 4.78 is 12.0. The number of anilines is 4. The smallest absolute Gasteiger partial charge is 0.335 e. The molecule has 0 radical (unpaired) electrons. The Balaban J connectivity index is 0.943. The summed E-state index contributed by atoms with van der Waals surface area (Å²) in [5.74, 6) is -4.60. The molecule has 0 saturated heterocycles. The summed E-state index contributed by atoms with van der Waals surface area (Å²) in [4.78, 5) is 48.3. The van der Waals surface area contributed by atoms with Crippen molar-refractivity contribution in [1.82, 2.24) is 0 Å². The minimum absolute atomic E-state index is 0.0199. The number of hydrogen-bond acceptors (Lipinski definition) is 11. The van der Waals surface area contributed by atoms with E-state index in [4.69, 9.17) is 15.2 Å². The van der Waals surface area contributed by atoms with Crippen molar-refractivity contribution in [3.63, 3.8) is 0 Å². The minimum Gasteiger partial charge on any atom is -0.491 e. The number of aromatic carboxylic acids is 2. The van der Waals surface area contributed by atoms with Crippen LogP contribution in [0.15, 0.2) is 146 Å². The standard InChI is InChI=1S/C53H50N4O11/c54-35-21-31(50(61)62)22-36(25-35)55-27-39(58)29-67-41-17-13-33(14-18-41)53(47-11-5-3-7-43(47)44-8-4-6-12-48(44)53)34-15-19-42(20-16-34)68-30-40(59)28-56-37-23-32(51(63)64)24-38(26-37)57-49(60)45-9-1-2-10-46(45)52(65)66/h1-8,11-26,39-40,45-46,55-56,58-59H,9-10,27-30,54H2,(H,57,60)(H,61,62)(H,63,64)(H,65,66). The van der Waals surface area contributed by atoms with Crippen LogP contribution in [0.4, 0.5) is 22.7 Å². The van der Waals surface area contributed by atoms with Gasteiger partial charge in [-0.2, -0.15) is 0 Å². The maximum atomic E-state index is 13.1. The summed E-state index contributed by atoms with van der Waals surface area (Å²) in [5.41, 5.74) is 12.6. The van der Waals surface area contributed by atoms with Crippen molar-refractivity contribution in [2.24, 2.45) is 11.8 Å². The number of aliphatic carboxylic acids is 1. The number of carbonyl (C=O) groups is 4. The first-order valence-electron chi connectivity index (χ1n) is 22.0. The molecule has 0 heterocycles. The first-order valence-corrected chi connectivity index (χ1v) is 22.0. The number of carboxylic acids is 3. The molecule has 6 aromatic carbocycles. The number of ether oxygens (including phenoxy) is 2. The Morgan fingerprint density at radius 1 is 0.588 bits per heavy atom. The first kappa shape index (κ1) is 46.4. The number of nitrogen functional groups attached to an aromatic ring is 1. The van der Waals surface area contributed by atoms with Gasteiger partial charge in [-0.1, -0.05) is 84.9 Å². The minimum atomic E-state index is -1.23. The van der Waals surface area contributed by atoms with Crippen molar-refractivity contribution in [3.05, 3.63) is 179 Å². The third-order valence-corrected chi connectivity index (χ3v) is 12.2. The largest absolute Gasteiger partial charge is 0.491 e. The predicted molar refractivity (Wildman–Crippen MR) is 257 cm³/mol. The number of aliphatic hydroxyl groups is 2. The summed E-state index contributed by atoms with van der Waals surface area (Å²) in [6.07, 6.45) is 2.01. The van der Waals surface area contributed by atoms with E-state index in [1.165, 1.54) is 30.3 Å². The van der Waals surface area contributed by atoms with Crippen LogP contribution in [0.3, 0.4) is 0 Å². The van der Waals surface area contributed by atoms with Gasteiger partial charge in [-0.3, -0.25) is 9.59 Å². The van der Waals surface area contributed by atoms with Gasteiger partial charge in [0.1, 0.15) is 36.9 Å². The fraction of sp³-hybridized carbons (Fsp3) is 0.208. The van der Waals surface area contributed by atoms with Crippen LogP contribution in [-0.4, -0.2) is 87.9 Å². The topological polar surface area (TPSA) is 250 Å². The van der Waals surface area contributed by atoms with Crippen molar-refractivity contribution >= 4 is 46.6 Å². The number of allylic oxidation sites excluding steroid dienone is 2. The Kier molecular flexibility index (Phi) is 13.8. The fourth-order valence-corrected chi connectivity index (χ4v) is 9.01. The average molecular weight is 919 g/mol. The van der Waals surface area contributed by atoms with Crippen LogP contribution in [0.1, 0.15) is 55.8 Å². The monoisotopic (exact) mass is 918 g/mol. The molecule has 0 bridgehead atoms. The normalized spacial score (nSPS) is 16.3. The quantitative estimate of drug-likeness (QED) is 0.0285. The van der Waals surface area contributed by atoms with E-state index < -0.39 is 53.3 Å². The molecular formula is C53H50N4O11. The van der Waals surface area contributed by atoms with Crippen molar-refractivity contribution in [3.8, 4) is 22.6 Å². The lowest BCUT2D eigenvalue weighted by Crippen LogP contribution is -2.34. The molecule has 0 aromatic heterocycles. The predicted octanol–water partition coefficient (Wildman–Crippen LogP) is 7.34. The Morgan fingerprint density at radius 2 is 1.04 bits per heavy atom. The summed E-state index contributed by atoms with van der Waals surface area (Å²) in [7, 11) is 0. The van der Waals surface area contributed by atoms with Crippen LogP contribution < -0.4 is 31.2 Å². The summed E-state index contributed by atoms with van der Waals surface area (Å²) >= 11 is 0. The second-order valence-corrected chi connectivity index (χ2v) is 16.8. The van der Waals surface area contributed by atoms with E-state index in [0.717, 1.165) is 33.4 Å². The molecule has 0 aliphatic heterocycles. The van der Waals surface area contributed by atoms with Gasteiger partial charge in [-0.15, -0.1) is 0 Å². The molecule has 0 saturated carbocycles. The third-order valence-electron chi connectivity index (χ3n) is 12.2. The number of carbonyl (C=O) groups excluding carboxylic acids is 1. The van der Waals surface area contributed by atoms with E-state index in [9.17, 15) is 44.7 Å². The lowest BCUT2D eigenvalue weighted by atomic mass is 9.68. The Bertz CT molecular complexity index is 2820. The number of benzene rings is 6. The summed E-state index contributed by atoms with van der Waals surface area (Å²) in [5, 5.41) is 59.2. The molecule has 10 N–H and O–H groups in total. The van der Waals surface area contributed by atoms with Gasteiger partial charge in [-0.25, -0.2) is 9.59 Å². The second kappa shape index (κ2) is 20.2. The molecule has 1 amide bonds. The van der Waals surface area contributed by atoms with Gasteiger partial charge in [0.25, 0.3) is 0 Å². The van der Waals surface area contributed by atoms with Crippen molar-refractivity contribution in [2.75, 3.05) is 48.0 Å². The van der Waals surface area contributed by atoms with E-state index in [1.807, 2.05) is 72.8 Å². The average Bonchev–Trinajstić information content (AvgIpc) is 3.64. The van der Waals surface area contributed by atoms with E-state index in [2.05, 4.69) is 40.2 Å². The maximum Gasteiger partial charge on any atom is 0.335 e.